The molecule has 0 aliphatic heterocycles. The van der Waals surface area contributed by atoms with Crippen molar-refractivity contribution in [3.05, 3.63) is 70.2 Å². The van der Waals surface area contributed by atoms with Crippen molar-refractivity contribution in [1.82, 2.24) is 0 Å². The van der Waals surface area contributed by atoms with Crippen molar-refractivity contribution in [2.45, 2.75) is 39.0 Å². The Balaban J connectivity index is 1.70. The highest BCUT2D eigenvalue weighted by molar-refractivity contribution is 7.64. The molecule has 0 N–H and O–H groups in total. The number of hydrogen-bond donors (Lipinski definition) is 0. The van der Waals surface area contributed by atoms with Crippen LogP contribution in [0.1, 0.15) is 47.2 Å². The minimum atomic E-state index is -2.28. The van der Waals surface area contributed by atoms with Gasteiger partial charge in [0.05, 0.1) is 5.02 Å². The highest BCUT2D eigenvalue weighted by Crippen LogP contribution is 2.33. The van der Waals surface area contributed by atoms with E-state index in [1.54, 1.807) is 12.1 Å². The van der Waals surface area contributed by atoms with Gasteiger partial charge in [-0.1, -0.05) is 66.9 Å². The van der Waals surface area contributed by atoms with E-state index in [4.69, 9.17) is 11.6 Å². The van der Waals surface area contributed by atoms with Gasteiger partial charge in [0.1, 0.15) is 7.80 Å². The summed E-state index contributed by atoms with van der Waals surface area (Å²) in [4.78, 5) is 12.3. The molecule has 1 unspecified atom stereocenters. The van der Waals surface area contributed by atoms with Crippen LogP contribution in [0.3, 0.4) is 0 Å². The van der Waals surface area contributed by atoms with Crippen molar-refractivity contribution in [1.29, 1.82) is 0 Å². The summed E-state index contributed by atoms with van der Waals surface area (Å²) in [5.74, 6) is 0. The quantitative estimate of drug-likeness (QED) is 0.396. The van der Waals surface area contributed by atoms with Gasteiger partial charge in [-0.05, 0) is 43.4 Å². The van der Waals surface area contributed by atoms with E-state index in [9.17, 15) is 9.36 Å². The molecule has 0 spiro atoms. The van der Waals surface area contributed by atoms with Crippen LogP contribution in [-0.2, 0) is 11.0 Å². The molecule has 0 aliphatic rings. The Labute approximate surface area is 150 Å². The standard InChI is InChI=1S/C20H24ClO2P/c1-16-10-9-14-18(21)19(16)20(22)24(23)15-8-3-2-5-11-17-12-6-4-7-13-17/h4,6-7,9-10,12-14,24H,2-3,5,8,11,15H2,1H3. The van der Waals surface area contributed by atoms with Crippen molar-refractivity contribution < 1.29 is 9.36 Å². The predicted molar refractivity (Wildman–Crippen MR) is 103 cm³/mol. The summed E-state index contributed by atoms with van der Waals surface area (Å²) < 4.78 is 12.3. The van der Waals surface area contributed by atoms with Gasteiger partial charge >= 0.3 is 0 Å². The SMILES string of the molecule is Cc1cccc(Cl)c1C(=O)[PH](=O)CCCCCCc1ccccc1. The summed E-state index contributed by atoms with van der Waals surface area (Å²) in [5.41, 5.74) is 2.32. The number of aryl methyl sites for hydroxylation is 2. The van der Waals surface area contributed by atoms with Gasteiger partial charge in [-0.3, -0.25) is 4.79 Å². The Kier molecular flexibility index (Phi) is 7.75. The third kappa shape index (κ3) is 5.61. The largest absolute Gasteiger partial charge is 0.318 e. The monoisotopic (exact) mass is 362 g/mol. The van der Waals surface area contributed by atoms with Gasteiger partial charge in [0.15, 0.2) is 0 Å². The first kappa shape index (κ1) is 19.0. The van der Waals surface area contributed by atoms with Crippen LogP contribution < -0.4 is 0 Å². The summed E-state index contributed by atoms with van der Waals surface area (Å²) in [5, 5.41) is 0.404. The summed E-state index contributed by atoms with van der Waals surface area (Å²) in [6.45, 7) is 1.83. The second-order valence-electron chi connectivity index (χ2n) is 6.08. The Morgan fingerprint density at radius 3 is 2.38 bits per heavy atom. The lowest BCUT2D eigenvalue weighted by molar-refractivity contribution is 0.107. The molecule has 2 aromatic rings. The Hall–Kier alpha value is -1.37. The van der Waals surface area contributed by atoms with Gasteiger partial charge in [0.25, 0.3) is 0 Å². The maximum Gasteiger partial charge on any atom is 0.220 e. The first-order valence-electron chi connectivity index (χ1n) is 8.46. The number of carbonyl (C=O) groups is 1. The second kappa shape index (κ2) is 9.81. The van der Waals surface area contributed by atoms with Crippen LogP contribution in [-0.4, -0.2) is 11.7 Å². The molecule has 2 nitrogen and oxygen atoms in total. The molecule has 0 amide bonds. The zero-order valence-corrected chi connectivity index (χ0v) is 15.8. The van der Waals surface area contributed by atoms with E-state index in [0.29, 0.717) is 16.7 Å². The zero-order chi connectivity index (χ0) is 17.4. The average molecular weight is 363 g/mol. The van der Waals surface area contributed by atoms with E-state index in [0.717, 1.165) is 37.7 Å². The lowest BCUT2D eigenvalue weighted by Crippen LogP contribution is -2.00. The lowest BCUT2D eigenvalue weighted by Gasteiger charge is -2.07. The van der Waals surface area contributed by atoms with Gasteiger partial charge in [-0.15, -0.1) is 0 Å². The van der Waals surface area contributed by atoms with E-state index in [1.165, 1.54) is 5.56 Å². The van der Waals surface area contributed by atoms with Crippen molar-refractivity contribution in [2.75, 3.05) is 6.16 Å². The van der Waals surface area contributed by atoms with Gasteiger partial charge in [-0.2, -0.15) is 0 Å². The molecule has 0 saturated heterocycles. The fourth-order valence-electron chi connectivity index (χ4n) is 2.79. The third-order valence-electron chi connectivity index (χ3n) is 4.16. The number of unbranched alkanes of at least 4 members (excludes halogenated alkanes) is 3. The molecule has 0 aromatic heterocycles. The lowest BCUT2D eigenvalue weighted by atomic mass is 10.1. The van der Waals surface area contributed by atoms with Gasteiger partial charge in [-0.25, -0.2) is 0 Å². The van der Waals surface area contributed by atoms with Crippen LogP contribution in [0.15, 0.2) is 48.5 Å². The first-order chi connectivity index (χ1) is 11.6. The molecule has 0 fully saturated rings. The molecule has 0 bridgehead atoms. The Morgan fingerprint density at radius 1 is 0.958 bits per heavy atom. The summed E-state index contributed by atoms with van der Waals surface area (Å²) in [6.07, 6.45) is 5.64. The smallest absolute Gasteiger partial charge is 0.220 e. The second-order valence-corrected chi connectivity index (χ2v) is 8.29. The summed E-state index contributed by atoms with van der Waals surface area (Å²) in [6, 6.07) is 15.7. The van der Waals surface area contributed by atoms with E-state index in [1.807, 2.05) is 19.1 Å². The zero-order valence-electron chi connectivity index (χ0n) is 14.1. The summed E-state index contributed by atoms with van der Waals surface area (Å²) in [7, 11) is -2.28. The van der Waals surface area contributed by atoms with Gasteiger partial charge in [0, 0.05) is 11.7 Å². The molecule has 0 heterocycles. The molecule has 2 rings (SSSR count). The minimum Gasteiger partial charge on any atom is -0.318 e. The van der Waals surface area contributed by atoms with Crippen LogP contribution in [0, 0.1) is 6.92 Å². The molecule has 0 radical (unpaired) electrons. The Morgan fingerprint density at radius 2 is 1.67 bits per heavy atom. The van der Waals surface area contributed by atoms with E-state index in [2.05, 4.69) is 24.3 Å². The highest BCUT2D eigenvalue weighted by Gasteiger charge is 2.18. The van der Waals surface area contributed by atoms with E-state index >= 15 is 0 Å². The summed E-state index contributed by atoms with van der Waals surface area (Å²) >= 11 is 6.09. The van der Waals surface area contributed by atoms with Gasteiger partial charge in [0.2, 0.25) is 5.52 Å². The van der Waals surface area contributed by atoms with Crippen LogP contribution in [0.4, 0.5) is 0 Å². The van der Waals surface area contributed by atoms with Crippen LogP contribution >= 0.6 is 19.4 Å². The van der Waals surface area contributed by atoms with Crippen molar-refractivity contribution in [2.24, 2.45) is 0 Å². The number of benzene rings is 2. The van der Waals surface area contributed by atoms with E-state index < -0.39 is 7.80 Å². The molecule has 1 atom stereocenters. The van der Waals surface area contributed by atoms with Crippen LogP contribution in [0.5, 0.6) is 0 Å². The maximum atomic E-state index is 12.3. The maximum absolute atomic E-state index is 12.3. The topological polar surface area (TPSA) is 34.1 Å². The average Bonchev–Trinajstić information content (AvgIpc) is 2.58. The van der Waals surface area contributed by atoms with Gasteiger partial charge < -0.3 is 4.57 Å². The van der Waals surface area contributed by atoms with Crippen molar-refractivity contribution >= 4 is 24.9 Å². The van der Waals surface area contributed by atoms with Crippen LogP contribution in [0.25, 0.3) is 0 Å². The first-order valence-corrected chi connectivity index (χ1v) is 10.5. The molecule has 0 saturated carbocycles. The van der Waals surface area contributed by atoms with Crippen molar-refractivity contribution in [3.63, 3.8) is 0 Å². The minimum absolute atomic E-state index is 0.271. The molecular weight excluding hydrogens is 339 g/mol. The number of carbonyl (C=O) groups excluding carboxylic acids is 1. The predicted octanol–water partition coefficient (Wildman–Crippen LogP) is 6.15. The molecule has 128 valence electrons. The Bertz CT molecular complexity index is 678. The van der Waals surface area contributed by atoms with Crippen LogP contribution in [0.2, 0.25) is 5.02 Å². The number of hydrogen-bond acceptors (Lipinski definition) is 2. The molecule has 0 aliphatic carbocycles. The fourth-order valence-corrected chi connectivity index (χ4v) is 4.58. The number of rotatable bonds is 9. The number of halogens is 1. The normalized spacial score (nSPS) is 12.1. The molecule has 24 heavy (non-hydrogen) atoms. The van der Waals surface area contributed by atoms with Crippen molar-refractivity contribution in [3.8, 4) is 0 Å². The van der Waals surface area contributed by atoms with E-state index in [-0.39, 0.29) is 5.52 Å². The molecule has 4 heteroatoms. The molecule has 2 aromatic carbocycles. The molecular formula is C20H24ClO2P. The highest BCUT2D eigenvalue weighted by atomic mass is 35.5. The third-order valence-corrected chi connectivity index (χ3v) is 6.04. The fraction of sp³-hybridized carbons (Fsp3) is 0.350.